The summed E-state index contributed by atoms with van der Waals surface area (Å²) >= 11 is 0. The summed E-state index contributed by atoms with van der Waals surface area (Å²) in [4.78, 5) is 21.2. The maximum atomic E-state index is 10.8. The fraction of sp³-hybridized carbons (Fsp3) is 0.273. The van der Waals surface area contributed by atoms with Gasteiger partial charge in [-0.05, 0) is 13.8 Å². The Morgan fingerprint density at radius 2 is 2.00 bits per heavy atom. The van der Waals surface area contributed by atoms with Crippen LogP contribution in [0.15, 0.2) is 24.3 Å². The molecule has 0 aliphatic heterocycles. The van der Waals surface area contributed by atoms with Crippen LogP contribution in [0.4, 0.5) is 4.79 Å². The Labute approximate surface area is 87.5 Å². The molecule has 1 N–H and O–H groups in total. The summed E-state index contributed by atoms with van der Waals surface area (Å²) in [6.07, 6.45) is -0.678. The van der Waals surface area contributed by atoms with Crippen LogP contribution in [0, 0.1) is 0 Å². The number of hydrogen-bond acceptors (Lipinski definition) is 3. The summed E-state index contributed by atoms with van der Waals surface area (Å²) in [5.74, 6) is 0. The topological polar surface area (TPSA) is 63.6 Å². The number of aldehydes is 1. The van der Waals surface area contributed by atoms with E-state index < -0.39 is 11.8 Å². The number of carbonyl (C=O) groups is 2. The van der Waals surface area contributed by atoms with Gasteiger partial charge in [-0.15, -0.1) is 0 Å². The van der Waals surface area contributed by atoms with Crippen molar-refractivity contribution in [3.05, 3.63) is 35.4 Å². The first-order valence-corrected chi connectivity index (χ1v) is 4.44. The number of carboxylic acid groups (broad SMARTS) is 1. The van der Waals surface area contributed by atoms with Crippen molar-refractivity contribution in [3.8, 4) is 0 Å². The van der Waals surface area contributed by atoms with Crippen LogP contribution >= 0.6 is 0 Å². The van der Waals surface area contributed by atoms with Crippen LogP contribution < -0.4 is 0 Å². The van der Waals surface area contributed by atoms with E-state index in [9.17, 15) is 9.59 Å². The van der Waals surface area contributed by atoms with E-state index in [-0.39, 0.29) is 0 Å². The van der Waals surface area contributed by atoms with Crippen LogP contribution in [0.2, 0.25) is 0 Å². The van der Waals surface area contributed by atoms with Gasteiger partial charge in [-0.2, -0.15) is 0 Å². The molecule has 80 valence electrons. The molecule has 4 nitrogen and oxygen atoms in total. The summed E-state index contributed by atoms with van der Waals surface area (Å²) < 4.78 is 4.72. The number of rotatable bonds is 3. The van der Waals surface area contributed by atoms with E-state index in [1.807, 2.05) is 0 Å². The van der Waals surface area contributed by atoms with Crippen LogP contribution in [0.3, 0.4) is 0 Å². The van der Waals surface area contributed by atoms with Crippen molar-refractivity contribution in [2.45, 2.75) is 19.4 Å². The third-order valence-electron chi connectivity index (χ3n) is 2.08. The molecule has 0 radical (unpaired) electrons. The lowest BCUT2D eigenvalue weighted by Gasteiger charge is -2.24. The minimum absolute atomic E-state index is 0.434. The smallest absolute Gasteiger partial charge is 0.450 e. The molecule has 0 unspecified atom stereocenters. The van der Waals surface area contributed by atoms with Gasteiger partial charge in [0.2, 0.25) is 0 Å². The average molecular weight is 208 g/mol. The molecule has 0 aliphatic carbocycles. The lowest BCUT2D eigenvalue weighted by molar-refractivity contribution is 0.000658. The van der Waals surface area contributed by atoms with Gasteiger partial charge in [0, 0.05) is 11.1 Å². The first kappa shape index (κ1) is 11.2. The highest BCUT2D eigenvalue weighted by atomic mass is 16.7. The molecule has 0 fully saturated rings. The molecule has 0 saturated carbocycles. The van der Waals surface area contributed by atoms with E-state index >= 15 is 0 Å². The largest absolute Gasteiger partial charge is 0.506 e. The molecule has 0 spiro atoms. The molecule has 0 aromatic heterocycles. The van der Waals surface area contributed by atoms with Gasteiger partial charge < -0.3 is 9.84 Å². The zero-order valence-corrected chi connectivity index (χ0v) is 8.56. The molecule has 1 rings (SSSR count). The predicted octanol–water partition coefficient (Wildman–Crippen LogP) is 2.43. The van der Waals surface area contributed by atoms with Gasteiger partial charge >= 0.3 is 6.16 Å². The van der Waals surface area contributed by atoms with Crippen LogP contribution in [0.5, 0.6) is 0 Å². The summed E-state index contributed by atoms with van der Waals surface area (Å²) in [6, 6.07) is 6.74. The first-order chi connectivity index (χ1) is 6.97. The Morgan fingerprint density at radius 3 is 2.53 bits per heavy atom. The standard InChI is InChI=1S/C11H12O4/c1-11(2,15-10(13)14)9-6-4-3-5-8(9)7-12/h3-7H,1-2H3,(H,13,14). The van der Waals surface area contributed by atoms with Crippen LogP contribution in [-0.2, 0) is 10.3 Å². The van der Waals surface area contributed by atoms with Crippen molar-refractivity contribution >= 4 is 12.4 Å². The second-order valence-corrected chi connectivity index (χ2v) is 3.58. The Bertz CT molecular complexity index is 382. The van der Waals surface area contributed by atoms with Crippen molar-refractivity contribution in [1.29, 1.82) is 0 Å². The van der Waals surface area contributed by atoms with E-state index in [1.165, 1.54) is 0 Å². The van der Waals surface area contributed by atoms with Gasteiger partial charge in [0.15, 0.2) is 0 Å². The monoisotopic (exact) mass is 208 g/mol. The van der Waals surface area contributed by atoms with E-state index in [0.717, 1.165) is 0 Å². The molecule has 0 aliphatic rings. The number of benzene rings is 1. The van der Waals surface area contributed by atoms with E-state index in [2.05, 4.69) is 0 Å². The van der Waals surface area contributed by atoms with Crippen molar-refractivity contribution < 1.29 is 19.4 Å². The molecule has 15 heavy (non-hydrogen) atoms. The van der Waals surface area contributed by atoms with Crippen LogP contribution in [0.1, 0.15) is 29.8 Å². The second-order valence-electron chi connectivity index (χ2n) is 3.58. The highest BCUT2D eigenvalue weighted by Gasteiger charge is 2.27. The van der Waals surface area contributed by atoms with E-state index in [1.54, 1.807) is 38.1 Å². The quantitative estimate of drug-likeness (QED) is 0.612. The van der Waals surface area contributed by atoms with Crippen molar-refractivity contribution in [1.82, 2.24) is 0 Å². The minimum Gasteiger partial charge on any atom is -0.450 e. The molecule has 0 heterocycles. The number of ether oxygens (including phenoxy) is 1. The van der Waals surface area contributed by atoms with E-state index in [4.69, 9.17) is 9.84 Å². The maximum Gasteiger partial charge on any atom is 0.506 e. The molecule has 1 aromatic carbocycles. The SMILES string of the molecule is CC(C)(OC(=O)O)c1ccccc1C=O. The summed E-state index contributed by atoms with van der Waals surface area (Å²) in [7, 11) is 0. The third kappa shape index (κ3) is 2.56. The Morgan fingerprint density at radius 1 is 1.40 bits per heavy atom. The fourth-order valence-corrected chi connectivity index (χ4v) is 1.42. The normalized spacial score (nSPS) is 10.8. The molecular weight excluding hydrogens is 196 g/mol. The summed E-state index contributed by atoms with van der Waals surface area (Å²) in [6.45, 7) is 3.20. The molecule has 4 heteroatoms. The van der Waals surface area contributed by atoms with Crippen LogP contribution in [-0.4, -0.2) is 17.5 Å². The van der Waals surface area contributed by atoms with Gasteiger partial charge in [0.05, 0.1) is 0 Å². The van der Waals surface area contributed by atoms with Crippen molar-refractivity contribution in [3.63, 3.8) is 0 Å². The van der Waals surface area contributed by atoms with Gasteiger partial charge in [-0.25, -0.2) is 4.79 Å². The molecular formula is C11H12O4. The van der Waals surface area contributed by atoms with Crippen LogP contribution in [0.25, 0.3) is 0 Å². The van der Waals surface area contributed by atoms with E-state index in [0.29, 0.717) is 17.4 Å². The fourth-order valence-electron chi connectivity index (χ4n) is 1.42. The zero-order chi connectivity index (χ0) is 11.5. The van der Waals surface area contributed by atoms with Gasteiger partial charge in [-0.3, -0.25) is 4.79 Å². The third-order valence-corrected chi connectivity index (χ3v) is 2.08. The van der Waals surface area contributed by atoms with Crippen molar-refractivity contribution in [2.75, 3.05) is 0 Å². The predicted molar refractivity (Wildman–Crippen MR) is 54.0 cm³/mol. The molecule has 0 saturated heterocycles. The lowest BCUT2D eigenvalue weighted by Crippen LogP contribution is -2.26. The van der Waals surface area contributed by atoms with Gasteiger partial charge in [0.25, 0.3) is 0 Å². The molecule has 0 bridgehead atoms. The summed E-state index contributed by atoms with van der Waals surface area (Å²) in [5.41, 5.74) is -0.0327. The Balaban J connectivity index is 3.13. The second kappa shape index (κ2) is 4.13. The minimum atomic E-state index is -1.36. The Kier molecular flexibility index (Phi) is 3.09. The highest BCUT2D eigenvalue weighted by Crippen LogP contribution is 2.27. The number of hydrogen-bond donors (Lipinski definition) is 1. The lowest BCUT2D eigenvalue weighted by atomic mass is 9.93. The average Bonchev–Trinajstić information content (AvgIpc) is 2.16. The maximum absolute atomic E-state index is 10.8. The number of carbonyl (C=O) groups excluding carboxylic acids is 1. The van der Waals surface area contributed by atoms with Crippen molar-refractivity contribution in [2.24, 2.45) is 0 Å². The Hall–Kier alpha value is -1.84. The first-order valence-electron chi connectivity index (χ1n) is 4.44. The zero-order valence-electron chi connectivity index (χ0n) is 8.56. The molecule has 0 amide bonds. The molecule has 1 aromatic rings. The highest BCUT2D eigenvalue weighted by molar-refractivity contribution is 5.78. The van der Waals surface area contributed by atoms with Gasteiger partial charge in [-0.1, -0.05) is 24.3 Å². The summed E-state index contributed by atoms with van der Waals surface area (Å²) in [5, 5.41) is 8.56. The van der Waals surface area contributed by atoms with Gasteiger partial charge in [0.1, 0.15) is 11.9 Å². The molecule has 0 atom stereocenters.